The molecule has 1 aromatic heterocycles. The molecule has 1 saturated heterocycles. The molecule has 2 aromatic carbocycles. The summed E-state index contributed by atoms with van der Waals surface area (Å²) in [6.07, 6.45) is 4.31. The third-order valence-electron chi connectivity index (χ3n) is 4.97. The molecule has 4 rings (SSSR count). The monoisotopic (exact) mass is 421 g/mol. The van der Waals surface area contributed by atoms with Crippen LogP contribution in [0.5, 0.6) is 6.01 Å². The average molecular weight is 422 g/mol. The van der Waals surface area contributed by atoms with E-state index >= 15 is 0 Å². The van der Waals surface area contributed by atoms with Crippen LogP contribution in [0.15, 0.2) is 67.0 Å². The smallest absolute Gasteiger partial charge is 0.316 e. The van der Waals surface area contributed by atoms with Gasteiger partial charge in [0, 0.05) is 17.7 Å². The molecule has 2 heterocycles. The first-order valence-electron chi connectivity index (χ1n) is 9.74. The van der Waals surface area contributed by atoms with E-state index in [2.05, 4.69) is 9.97 Å². The zero-order valence-electron chi connectivity index (χ0n) is 16.2. The number of carbonyl (C=O) groups excluding carboxylic acids is 2. The summed E-state index contributed by atoms with van der Waals surface area (Å²) in [5.41, 5.74) is 1.35. The van der Waals surface area contributed by atoms with Gasteiger partial charge in [-0.25, -0.2) is 9.97 Å². The van der Waals surface area contributed by atoms with E-state index in [-0.39, 0.29) is 23.8 Å². The number of benzene rings is 2. The van der Waals surface area contributed by atoms with E-state index in [4.69, 9.17) is 16.3 Å². The predicted octanol–water partition coefficient (Wildman–Crippen LogP) is 4.04. The van der Waals surface area contributed by atoms with Crippen LogP contribution in [0.1, 0.15) is 39.1 Å². The lowest BCUT2D eigenvalue weighted by Gasteiger charge is -2.32. The van der Waals surface area contributed by atoms with Gasteiger partial charge in [-0.1, -0.05) is 60.1 Å². The van der Waals surface area contributed by atoms with Crippen molar-refractivity contribution in [2.45, 2.75) is 18.9 Å². The van der Waals surface area contributed by atoms with Crippen LogP contribution in [0, 0.1) is 0 Å². The molecular formula is C23H20ClN3O3. The van der Waals surface area contributed by atoms with Crippen molar-refractivity contribution in [1.29, 1.82) is 0 Å². The molecule has 0 N–H and O–H groups in total. The topological polar surface area (TPSA) is 72.4 Å². The van der Waals surface area contributed by atoms with Gasteiger partial charge in [0.25, 0.3) is 5.91 Å². The molecule has 0 unspecified atom stereocenters. The highest BCUT2D eigenvalue weighted by atomic mass is 35.5. The summed E-state index contributed by atoms with van der Waals surface area (Å²) < 4.78 is 5.83. The van der Waals surface area contributed by atoms with Crippen LogP contribution in [0.3, 0.4) is 0 Å². The van der Waals surface area contributed by atoms with Gasteiger partial charge in [0.05, 0.1) is 29.5 Å². The van der Waals surface area contributed by atoms with Crippen molar-refractivity contribution in [2.24, 2.45) is 0 Å². The number of halogens is 1. The Kier molecular flexibility index (Phi) is 6.05. The van der Waals surface area contributed by atoms with E-state index in [0.717, 1.165) is 12.8 Å². The highest BCUT2D eigenvalue weighted by Crippen LogP contribution is 2.21. The predicted molar refractivity (Wildman–Crippen MR) is 113 cm³/mol. The molecule has 0 spiro atoms. The van der Waals surface area contributed by atoms with E-state index in [1.807, 2.05) is 18.2 Å². The van der Waals surface area contributed by atoms with Gasteiger partial charge in [0.2, 0.25) is 0 Å². The van der Waals surface area contributed by atoms with Crippen LogP contribution in [-0.4, -0.2) is 45.8 Å². The fraction of sp³-hybridized carbons (Fsp3) is 0.217. The number of likely N-dealkylation sites (tertiary alicyclic amines) is 1. The summed E-state index contributed by atoms with van der Waals surface area (Å²) in [4.78, 5) is 36.1. The molecule has 1 atom stereocenters. The standard InChI is InChI=1S/C23H20ClN3O3/c24-17-13-25-23(26-14-17)30-18-9-6-12-27(15-18)22(29)20-11-5-4-10-19(20)21(28)16-7-2-1-3-8-16/h1-5,7-8,10-11,13-14,18H,6,9,12,15H2/t18-/m0/s1. The maximum absolute atomic E-state index is 13.3. The molecule has 6 nitrogen and oxygen atoms in total. The number of amides is 1. The number of hydrogen-bond donors (Lipinski definition) is 0. The molecule has 1 aliphatic rings. The Hall–Kier alpha value is -3.25. The SMILES string of the molecule is O=C(c1ccccc1)c1ccccc1C(=O)N1CCC[C@H](Oc2ncc(Cl)cn2)C1. The molecule has 1 fully saturated rings. The zero-order chi connectivity index (χ0) is 20.9. The van der Waals surface area contributed by atoms with Gasteiger partial charge in [-0.15, -0.1) is 0 Å². The van der Waals surface area contributed by atoms with Crippen molar-refractivity contribution in [2.75, 3.05) is 13.1 Å². The van der Waals surface area contributed by atoms with Crippen molar-refractivity contribution in [3.63, 3.8) is 0 Å². The Balaban J connectivity index is 1.51. The van der Waals surface area contributed by atoms with E-state index < -0.39 is 0 Å². The average Bonchev–Trinajstić information content (AvgIpc) is 2.80. The third kappa shape index (κ3) is 4.49. The highest BCUT2D eigenvalue weighted by molar-refractivity contribution is 6.30. The first-order chi connectivity index (χ1) is 14.6. The Morgan fingerprint density at radius 3 is 2.37 bits per heavy atom. The lowest BCUT2D eigenvalue weighted by Crippen LogP contribution is -2.44. The second-order valence-electron chi connectivity index (χ2n) is 7.06. The van der Waals surface area contributed by atoms with Crippen molar-refractivity contribution in [1.82, 2.24) is 14.9 Å². The minimum absolute atomic E-state index is 0.168. The number of ether oxygens (including phenoxy) is 1. The minimum Gasteiger partial charge on any atom is -0.458 e. The van der Waals surface area contributed by atoms with Crippen LogP contribution in [0.4, 0.5) is 0 Å². The Labute approximate surface area is 179 Å². The molecule has 0 saturated carbocycles. The van der Waals surface area contributed by atoms with E-state index in [1.165, 1.54) is 12.4 Å². The zero-order valence-corrected chi connectivity index (χ0v) is 17.0. The molecule has 152 valence electrons. The van der Waals surface area contributed by atoms with E-state index in [9.17, 15) is 9.59 Å². The number of piperidine rings is 1. The molecule has 1 aliphatic heterocycles. The van der Waals surface area contributed by atoms with Gasteiger partial charge < -0.3 is 9.64 Å². The number of hydrogen-bond acceptors (Lipinski definition) is 5. The second kappa shape index (κ2) is 9.05. The third-order valence-corrected chi connectivity index (χ3v) is 5.17. The summed E-state index contributed by atoms with van der Waals surface area (Å²) in [6, 6.07) is 16.1. The fourth-order valence-corrected chi connectivity index (χ4v) is 3.61. The molecule has 0 aliphatic carbocycles. The normalized spacial score (nSPS) is 16.2. The van der Waals surface area contributed by atoms with Crippen LogP contribution >= 0.6 is 11.6 Å². The molecule has 3 aromatic rings. The van der Waals surface area contributed by atoms with Crippen LogP contribution in [0.25, 0.3) is 0 Å². The Morgan fingerprint density at radius 2 is 1.63 bits per heavy atom. The second-order valence-corrected chi connectivity index (χ2v) is 7.49. The molecular weight excluding hydrogens is 402 g/mol. The number of ketones is 1. The first kappa shape index (κ1) is 20.0. The Bertz CT molecular complexity index is 1040. The van der Waals surface area contributed by atoms with Crippen LogP contribution in [-0.2, 0) is 0 Å². The number of carbonyl (C=O) groups is 2. The molecule has 7 heteroatoms. The van der Waals surface area contributed by atoms with Crippen molar-refractivity contribution >= 4 is 23.3 Å². The lowest BCUT2D eigenvalue weighted by molar-refractivity contribution is 0.0514. The summed E-state index contributed by atoms with van der Waals surface area (Å²) >= 11 is 5.81. The molecule has 0 bridgehead atoms. The van der Waals surface area contributed by atoms with Crippen LogP contribution < -0.4 is 4.74 Å². The minimum atomic E-state index is -0.221. The molecule has 1 amide bonds. The van der Waals surface area contributed by atoms with Gasteiger partial charge in [-0.2, -0.15) is 0 Å². The van der Waals surface area contributed by atoms with E-state index in [1.54, 1.807) is 41.3 Å². The lowest BCUT2D eigenvalue weighted by atomic mass is 9.97. The maximum Gasteiger partial charge on any atom is 0.316 e. The van der Waals surface area contributed by atoms with Gasteiger partial charge in [0.1, 0.15) is 6.10 Å². The molecule has 30 heavy (non-hydrogen) atoms. The van der Waals surface area contributed by atoms with Crippen LogP contribution in [0.2, 0.25) is 5.02 Å². The number of aromatic nitrogens is 2. The first-order valence-corrected chi connectivity index (χ1v) is 10.1. The maximum atomic E-state index is 13.3. The van der Waals surface area contributed by atoms with E-state index in [0.29, 0.717) is 34.8 Å². The van der Waals surface area contributed by atoms with Crippen molar-refractivity contribution in [3.8, 4) is 6.01 Å². The number of rotatable bonds is 5. The number of nitrogens with zero attached hydrogens (tertiary/aromatic N) is 3. The van der Waals surface area contributed by atoms with Crippen molar-refractivity contribution < 1.29 is 14.3 Å². The van der Waals surface area contributed by atoms with Gasteiger partial charge in [-0.05, 0) is 18.9 Å². The summed E-state index contributed by atoms with van der Waals surface area (Å²) in [5.74, 6) is -0.348. The highest BCUT2D eigenvalue weighted by Gasteiger charge is 2.28. The quantitative estimate of drug-likeness (QED) is 0.581. The largest absolute Gasteiger partial charge is 0.458 e. The van der Waals surface area contributed by atoms with Gasteiger partial charge in [0.15, 0.2) is 5.78 Å². The Morgan fingerprint density at radius 1 is 0.967 bits per heavy atom. The fourth-order valence-electron chi connectivity index (χ4n) is 3.51. The van der Waals surface area contributed by atoms with Gasteiger partial charge in [-0.3, -0.25) is 9.59 Å². The summed E-state index contributed by atoms with van der Waals surface area (Å²) in [6.45, 7) is 1.01. The summed E-state index contributed by atoms with van der Waals surface area (Å²) in [7, 11) is 0. The molecule has 0 radical (unpaired) electrons. The van der Waals surface area contributed by atoms with Gasteiger partial charge >= 0.3 is 6.01 Å². The van der Waals surface area contributed by atoms with Crippen molar-refractivity contribution in [3.05, 3.63) is 88.7 Å². The summed E-state index contributed by atoms with van der Waals surface area (Å²) in [5, 5.41) is 0.433.